The molecule has 0 aromatic heterocycles. The van der Waals surface area contributed by atoms with E-state index in [0.29, 0.717) is 23.1 Å². The molecule has 0 fully saturated rings. The Morgan fingerprint density at radius 1 is 1.47 bits per heavy atom. The molecule has 0 spiro atoms. The van der Waals surface area contributed by atoms with Gasteiger partial charge in [0.1, 0.15) is 6.04 Å². The molecule has 0 saturated heterocycles. The third kappa shape index (κ3) is 2.57. The third-order valence-electron chi connectivity index (χ3n) is 3.18. The monoisotopic (exact) mass is 273 g/mol. The van der Waals surface area contributed by atoms with E-state index in [1.54, 1.807) is 13.0 Å². The van der Waals surface area contributed by atoms with E-state index in [1.165, 1.54) is 0 Å². The van der Waals surface area contributed by atoms with Crippen LogP contribution in [-0.2, 0) is 17.8 Å². The molecule has 1 aromatic carbocycles. The number of rotatable bonds is 2. The van der Waals surface area contributed by atoms with E-state index in [9.17, 15) is 4.79 Å². The van der Waals surface area contributed by atoms with E-state index in [2.05, 4.69) is 0 Å². The molecule has 0 aliphatic carbocycles. The van der Waals surface area contributed by atoms with Gasteiger partial charge < -0.3 is 5.11 Å². The molecule has 0 amide bonds. The number of halogens is 2. The van der Waals surface area contributed by atoms with Crippen LogP contribution in [0.25, 0.3) is 0 Å². The van der Waals surface area contributed by atoms with Crippen molar-refractivity contribution in [2.45, 2.75) is 25.9 Å². The lowest BCUT2D eigenvalue weighted by atomic mass is 9.98. The number of nitrogens with zero attached hydrogens (tertiary/aromatic N) is 1. The zero-order valence-electron chi connectivity index (χ0n) is 9.41. The molecule has 1 aliphatic heterocycles. The fourth-order valence-electron chi connectivity index (χ4n) is 2.12. The maximum absolute atomic E-state index is 11.0. The summed E-state index contributed by atoms with van der Waals surface area (Å²) in [6.45, 7) is 2.99. The van der Waals surface area contributed by atoms with E-state index >= 15 is 0 Å². The number of aliphatic carboxylic acids is 1. The standard InChI is InChI=1S/C12H13Cl2NO2/c1-7(12(16)17)15-3-2-10-8(6-15)4-9(13)5-11(10)14/h4-5,7H,2-3,6H2,1H3,(H,16,17). The van der Waals surface area contributed by atoms with Crippen molar-refractivity contribution in [3.63, 3.8) is 0 Å². The molecule has 0 radical (unpaired) electrons. The maximum atomic E-state index is 11.0. The molecule has 0 bridgehead atoms. The number of hydrogen-bond acceptors (Lipinski definition) is 2. The van der Waals surface area contributed by atoms with E-state index < -0.39 is 12.0 Å². The number of carboxylic acids is 1. The highest BCUT2D eigenvalue weighted by molar-refractivity contribution is 6.35. The minimum Gasteiger partial charge on any atom is -0.480 e. The van der Waals surface area contributed by atoms with Crippen LogP contribution in [-0.4, -0.2) is 28.6 Å². The highest BCUT2D eigenvalue weighted by Crippen LogP contribution is 2.30. The molecule has 1 N–H and O–H groups in total. The summed E-state index contributed by atoms with van der Waals surface area (Å²) in [5, 5.41) is 10.3. The summed E-state index contributed by atoms with van der Waals surface area (Å²) in [7, 11) is 0. The van der Waals surface area contributed by atoms with Gasteiger partial charge in [-0.3, -0.25) is 9.69 Å². The largest absolute Gasteiger partial charge is 0.480 e. The highest BCUT2D eigenvalue weighted by atomic mass is 35.5. The first-order valence-corrected chi connectivity index (χ1v) is 6.18. The minimum absolute atomic E-state index is 0.485. The quantitative estimate of drug-likeness (QED) is 0.901. The van der Waals surface area contributed by atoms with Crippen LogP contribution in [0.3, 0.4) is 0 Å². The van der Waals surface area contributed by atoms with Gasteiger partial charge in [-0.05, 0) is 36.6 Å². The van der Waals surface area contributed by atoms with Gasteiger partial charge in [0.15, 0.2) is 0 Å². The summed E-state index contributed by atoms with van der Waals surface area (Å²) in [5.74, 6) is -0.804. The van der Waals surface area contributed by atoms with Crippen molar-refractivity contribution < 1.29 is 9.90 Å². The Hall–Kier alpha value is -0.770. The van der Waals surface area contributed by atoms with Crippen LogP contribution < -0.4 is 0 Å². The Balaban J connectivity index is 2.27. The van der Waals surface area contributed by atoms with Crippen LogP contribution in [0.1, 0.15) is 18.1 Å². The Labute approximate surface area is 110 Å². The number of benzene rings is 1. The molecule has 1 aromatic rings. The predicted molar refractivity (Wildman–Crippen MR) is 67.7 cm³/mol. The van der Waals surface area contributed by atoms with Crippen molar-refractivity contribution >= 4 is 29.2 Å². The maximum Gasteiger partial charge on any atom is 0.320 e. The van der Waals surface area contributed by atoms with Crippen molar-refractivity contribution in [1.82, 2.24) is 4.90 Å². The second-order valence-corrected chi connectivity index (χ2v) is 5.10. The molecule has 3 nitrogen and oxygen atoms in total. The molecule has 1 unspecified atom stereocenters. The molecular weight excluding hydrogens is 261 g/mol. The molecule has 1 heterocycles. The van der Waals surface area contributed by atoms with Crippen molar-refractivity contribution in [2.75, 3.05) is 6.54 Å². The van der Waals surface area contributed by atoms with Gasteiger partial charge in [0.25, 0.3) is 0 Å². The number of hydrogen-bond donors (Lipinski definition) is 1. The zero-order chi connectivity index (χ0) is 12.6. The fraction of sp³-hybridized carbons (Fsp3) is 0.417. The average Bonchev–Trinajstić information content (AvgIpc) is 2.26. The van der Waals surface area contributed by atoms with Crippen LogP contribution in [0.15, 0.2) is 12.1 Å². The van der Waals surface area contributed by atoms with Gasteiger partial charge in [0.05, 0.1) is 0 Å². The molecule has 2 rings (SSSR count). The molecule has 92 valence electrons. The summed E-state index contributed by atoms with van der Waals surface area (Å²) < 4.78 is 0. The SMILES string of the molecule is CC(C(=O)O)N1CCc2c(Cl)cc(Cl)cc2C1. The van der Waals surface area contributed by atoms with Crippen molar-refractivity contribution in [2.24, 2.45) is 0 Å². The molecule has 0 saturated carbocycles. The normalized spacial score (nSPS) is 17.6. The van der Waals surface area contributed by atoms with Gasteiger partial charge >= 0.3 is 5.97 Å². The lowest BCUT2D eigenvalue weighted by Gasteiger charge is -2.32. The lowest BCUT2D eigenvalue weighted by Crippen LogP contribution is -2.42. The molecule has 1 aliphatic rings. The Morgan fingerprint density at radius 3 is 2.82 bits per heavy atom. The van der Waals surface area contributed by atoms with E-state index in [4.69, 9.17) is 28.3 Å². The van der Waals surface area contributed by atoms with Crippen LogP contribution in [0, 0.1) is 0 Å². The number of carbonyl (C=O) groups is 1. The van der Waals surface area contributed by atoms with E-state index in [-0.39, 0.29) is 0 Å². The molecular formula is C12H13Cl2NO2. The fourth-order valence-corrected chi connectivity index (χ4v) is 2.75. The summed E-state index contributed by atoms with van der Waals surface area (Å²) in [4.78, 5) is 12.9. The van der Waals surface area contributed by atoms with Crippen molar-refractivity contribution in [3.8, 4) is 0 Å². The number of fused-ring (bicyclic) bond motifs is 1. The van der Waals surface area contributed by atoms with Crippen LogP contribution >= 0.6 is 23.2 Å². The summed E-state index contributed by atoms with van der Waals surface area (Å²) in [6, 6.07) is 3.11. The molecule has 1 atom stereocenters. The van der Waals surface area contributed by atoms with Gasteiger partial charge in [0.2, 0.25) is 0 Å². The van der Waals surface area contributed by atoms with Gasteiger partial charge in [-0.1, -0.05) is 23.2 Å². The lowest BCUT2D eigenvalue weighted by molar-refractivity contribution is -0.142. The Kier molecular flexibility index (Phi) is 3.61. The summed E-state index contributed by atoms with van der Waals surface area (Å²) in [5.41, 5.74) is 2.12. The van der Waals surface area contributed by atoms with Crippen LogP contribution in [0.2, 0.25) is 10.0 Å². The average molecular weight is 274 g/mol. The third-order valence-corrected chi connectivity index (χ3v) is 3.74. The van der Waals surface area contributed by atoms with E-state index in [0.717, 1.165) is 17.5 Å². The zero-order valence-corrected chi connectivity index (χ0v) is 10.9. The van der Waals surface area contributed by atoms with E-state index in [1.807, 2.05) is 11.0 Å². The molecule has 17 heavy (non-hydrogen) atoms. The van der Waals surface area contributed by atoms with Crippen LogP contribution in [0.5, 0.6) is 0 Å². The summed E-state index contributed by atoms with van der Waals surface area (Å²) in [6.07, 6.45) is 0.767. The van der Waals surface area contributed by atoms with Crippen molar-refractivity contribution in [3.05, 3.63) is 33.3 Å². The first kappa shape index (κ1) is 12.7. The van der Waals surface area contributed by atoms with Crippen molar-refractivity contribution in [1.29, 1.82) is 0 Å². The van der Waals surface area contributed by atoms with Gasteiger partial charge in [0, 0.05) is 23.1 Å². The minimum atomic E-state index is -0.804. The smallest absolute Gasteiger partial charge is 0.320 e. The predicted octanol–water partition coefficient (Wildman–Crippen LogP) is 2.82. The van der Waals surface area contributed by atoms with Gasteiger partial charge in [-0.2, -0.15) is 0 Å². The highest BCUT2D eigenvalue weighted by Gasteiger charge is 2.26. The van der Waals surface area contributed by atoms with Crippen LogP contribution in [0.4, 0.5) is 0 Å². The summed E-state index contributed by atoms with van der Waals surface area (Å²) >= 11 is 12.1. The Morgan fingerprint density at radius 2 is 2.18 bits per heavy atom. The Bertz CT molecular complexity index is 462. The second kappa shape index (κ2) is 4.84. The van der Waals surface area contributed by atoms with Gasteiger partial charge in [-0.25, -0.2) is 0 Å². The second-order valence-electron chi connectivity index (χ2n) is 4.26. The first-order chi connectivity index (χ1) is 7.99. The number of carboxylic acid groups (broad SMARTS) is 1. The van der Waals surface area contributed by atoms with Gasteiger partial charge in [-0.15, -0.1) is 0 Å². The molecule has 5 heteroatoms. The first-order valence-electron chi connectivity index (χ1n) is 5.42. The topological polar surface area (TPSA) is 40.5 Å².